The van der Waals surface area contributed by atoms with Crippen molar-refractivity contribution in [3.05, 3.63) is 189 Å². The molecule has 0 saturated carbocycles. The summed E-state index contributed by atoms with van der Waals surface area (Å²) in [6, 6.07) is 26.8. The van der Waals surface area contributed by atoms with E-state index in [1.54, 1.807) is 0 Å². The maximum absolute atomic E-state index is 14.9. The van der Waals surface area contributed by atoms with Gasteiger partial charge in [-0.1, -0.05) is 48.5 Å². The van der Waals surface area contributed by atoms with Gasteiger partial charge >= 0.3 is 63.2 Å². The highest BCUT2D eigenvalue weighted by Crippen LogP contribution is 2.48. The maximum atomic E-state index is 14.9. The molecule has 0 bridgehead atoms. The summed E-state index contributed by atoms with van der Waals surface area (Å²) in [6.07, 6.45) is 0. The molecule has 25 nitrogen and oxygen atoms in total. The summed E-state index contributed by atoms with van der Waals surface area (Å²) in [5.74, 6) is -9.54. The van der Waals surface area contributed by atoms with Crippen LogP contribution in [0.4, 0.5) is 22.7 Å². The molecule has 0 radical (unpaired) electrons. The number of hydrogen-bond donors (Lipinski definition) is 0. The van der Waals surface area contributed by atoms with Crippen LogP contribution >= 0.6 is 0 Å². The summed E-state index contributed by atoms with van der Waals surface area (Å²) in [5, 5.41) is 87.6. The Balaban J connectivity index is 1.16. The molecular formula is C53H26N8O17S4. The molecule has 82 heavy (non-hydrogen) atoms. The van der Waals surface area contributed by atoms with Gasteiger partial charge in [-0.25, -0.2) is 0 Å². The van der Waals surface area contributed by atoms with E-state index in [4.69, 9.17) is 16.7 Å². The topological polar surface area (TPSA) is 395 Å². The van der Waals surface area contributed by atoms with Crippen LogP contribution in [0.15, 0.2) is 177 Å². The Morgan fingerprint density at radius 1 is 0.341 bits per heavy atom. The molecule has 0 spiro atoms. The number of nitrogens with zero attached hydrogens (tertiary/aromatic N) is 8. The van der Waals surface area contributed by atoms with Gasteiger partial charge in [0.1, 0.15) is 25.3 Å². The van der Waals surface area contributed by atoms with Crippen molar-refractivity contribution in [1.82, 2.24) is 0 Å². The highest BCUT2D eigenvalue weighted by molar-refractivity contribution is 7.88. The van der Waals surface area contributed by atoms with Crippen LogP contribution in [0.2, 0.25) is 0 Å². The lowest BCUT2D eigenvalue weighted by atomic mass is 10.0. The molecule has 0 atom stereocenters. The van der Waals surface area contributed by atoms with Crippen molar-refractivity contribution in [2.75, 3.05) is 0 Å². The average molecular weight is 1180 g/mol. The van der Waals surface area contributed by atoms with E-state index in [1.165, 1.54) is 24.3 Å². The van der Waals surface area contributed by atoms with Gasteiger partial charge in [-0.05, 0) is 129 Å². The highest BCUT2D eigenvalue weighted by Gasteiger charge is 2.36. The normalized spacial score (nSPS) is 11.8. The molecule has 0 aliphatic rings. The van der Waals surface area contributed by atoms with Crippen LogP contribution in [0.5, 0.6) is 46.0 Å². The van der Waals surface area contributed by atoms with Gasteiger partial charge in [0.05, 0.1) is 5.56 Å². The van der Waals surface area contributed by atoms with Crippen molar-refractivity contribution in [1.29, 1.82) is 21.6 Å². The molecule has 10 aromatic rings. The van der Waals surface area contributed by atoms with Crippen LogP contribution in [-0.2, 0) is 40.5 Å². The van der Waals surface area contributed by atoms with Crippen molar-refractivity contribution in [3.63, 3.8) is 0 Å². The second-order valence-electron chi connectivity index (χ2n) is 17.2. The number of fused-ring (bicyclic) bond motifs is 4. The van der Waals surface area contributed by atoms with Crippen LogP contribution in [-0.4, -0.2) is 39.5 Å². The molecule has 0 N–H and O–H groups in total. The first kappa shape index (κ1) is 54.2. The molecule has 0 unspecified atom stereocenters. The predicted octanol–water partition coefficient (Wildman–Crippen LogP) is 8.83. The fourth-order valence-electron chi connectivity index (χ4n) is 8.76. The highest BCUT2D eigenvalue weighted by atomic mass is 32.2. The Kier molecular flexibility index (Phi) is 13.4. The van der Waals surface area contributed by atoms with E-state index in [-0.39, 0.29) is 48.8 Å². The summed E-state index contributed by atoms with van der Waals surface area (Å²) in [6.45, 7) is 0. The zero-order valence-electron chi connectivity index (χ0n) is 40.7. The Bertz CT molecular complexity index is 5140. The van der Waals surface area contributed by atoms with Gasteiger partial charge < -0.3 is 37.2 Å². The maximum Gasteiger partial charge on any atom is 0.378 e. The van der Waals surface area contributed by atoms with Gasteiger partial charge in [-0.15, -0.1) is 0 Å². The van der Waals surface area contributed by atoms with Crippen LogP contribution in [0.1, 0.15) is 15.9 Å². The molecule has 0 aromatic heterocycles. The SMILES string of the molecule is N#[N+]c1ccc2c(S(=O)(=O)Oc3ccc(C(=O)c4ccc(OS(=O)(=O)c5cccc6c([O-])c([N+]#N)ccc56)c(OS(=O)(=O)c5cccc6c([O-])c([N+]#N)ccc56)c4OS(=O)(=O)c4cccc5c([O-])c([N+]#N)ccc45)cc3)cccc2c1[O-]. The van der Waals surface area contributed by atoms with Crippen molar-refractivity contribution in [3.8, 4) is 46.0 Å². The van der Waals surface area contributed by atoms with Crippen LogP contribution in [0.3, 0.4) is 0 Å². The zero-order valence-corrected chi connectivity index (χ0v) is 43.9. The minimum Gasteiger partial charge on any atom is -0.867 e. The van der Waals surface area contributed by atoms with Crippen molar-refractivity contribution in [2.24, 2.45) is 0 Å². The molecule has 0 amide bonds. The summed E-state index contributed by atoms with van der Waals surface area (Å²) in [7, 11) is -21.3. The monoisotopic (exact) mass is 1170 g/mol. The standard InChI is InChI=1S/C53H26N8O17S4/c54-58-38-22-17-29-33(48(38)63)5-1-9-43(29)79(67,68)75-28-15-13-27(14-16-28)47(62)37-21-26-42(76-80(69,70)44-10-2-6-34-30(44)18-23-39(59-55)49(34)64)53(78-82(73,74)46-12-4-8-36-32(46)20-25-41(61-57)51(36)66)52(37)77-81(71,72)45-11-3-7-35-31(45)19-24-40(60-56)50(35)65/h1-26H. The fraction of sp³-hybridized carbons (Fsp3) is 0. The lowest BCUT2D eigenvalue weighted by Gasteiger charge is -2.20. The Morgan fingerprint density at radius 2 is 0.659 bits per heavy atom. The first-order valence-electron chi connectivity index (χ1n) is 22.9. The van der Waals surface area contributed by atoms with Gasteiger partial charge in [-0.3, -0.25) is 4.79 Å². The Hall–Kier alpha value is -11.2. The average Bonchev–Trinajstić information content (AvgIpc) is 3.57. The number of carbonyl (C=O) groups is 1. The van der Waals surface area contributed by atoms with E-state index in [0.29, 0.717) is 6.07 Å². The summed E-state index contributed by atoms with van der Waals surface area (Å²) >= 11 is 0. The Labute approximate surface area is 461 Å². The molecule has 0 saturated heterocycles. The van der Waals surface area contributed by atoms with Crippen molar-refractivity contribution >= 4 is 112 Å². The van der Waals surface area contributed by atoms with Crippen molar-refractivity contribution < 1.29 is 75.6 Å². The molecule has 0 heterocycles. The number of carbonyl (C=O) groups excluding carboxylic acids is 1. The van der Waals surface area contributed by atoms with Gasteiger partial charge in [0.25, 0.3) is 0 Å². The first-order valence-corrected chi connectivity index (χ1v) is 28.6. The summed E-state index contributed by atoms with van der Waals surface area (Å²) < 4.78 is 138. The second kappa shape index (κ2) is 20.2. The second-order valence-corrected chi connectivity index (χ2v) is 23.3. The van der Waals surface area contributed by atoms with Gasteiger partial charge in [0.15, 0.2) is 31.4 Å². The summed E-state index contributed by atoms with van der Waals surface area (Å²) in [5.41, 5.74) is -3.30. The number of diazo groups is 4. The van der Waals surface area contributed by atoms with Gasteiger partial charge in [-0.2, -0.15) is 33.7 Å². The summed E-state index contributed by atoms with van der Waals surface area (Å²) in [4.78, 5) is 23.5. The minimum atomic E-state index is -5.58. The molecule has 10 rings (SSSR count). The van der Waals surface area contributed by atoms with E-state index in [1.807, 2.05) is 0 Å². The molecule has 0 aliphatic carbocycles. The zero-order chi connectivity index (χ0) is 58.6. The molecule has 0 aliphatic heterocycles. The first-order chi connectivity index (χ1) is 39.0. The Morgan fingerprint density at radius 3 is 1.00 bits per heavy atom. The largest absolute Gasteiger partial charge is 0.867 e. The predicted molar refractivity (Wildman–Crippen MR) is 280 cm³/mol. The van der Waals surface area contributed by atoms with Crippen LogP contribution < -0.4 is 37.2 Å². The number of benzene rings is 10. The van der Waals surface area contributed by atoms with E-state index in [9.17, 15) is 80.5 Å². The molecular weight excluding hydrogens is 1150 g/mol. The van der Waals surface area contributed by atoms with E-state index < -0.39 is 140 Å². The van der Waals surface area contributed by atoms with Crippen LogP contribution in [0.25, 0.3) is 63.0 Å². The van der Waals surface area contributed by atoms with Crippen LogP contribution in [0, 0.1) is 21.6 Å². The number of rotatable bonds is 14. The third-order valence-electron chi connectivity index (χ3n) is 12.5. The number of ketones is 1. The minimum absolute atomic E-state index is 0.110. The third kappa shape index (κ3) is 9.36. The van der Waals surface area contributed by atoms with E-state index in [2.05, 4.69) is 19.9 Å². The van der Waals surface area contributed by atoms with Gasteiger partial charge in [0.2, 0.25) is 33.1 Å². The number of hydrogen-bond acceptors (Lipinski definition) is 21. The molecule has 0 fully saturated rings. The molecule has 29 heteroatoms. The quantitative estimate of drug-likeness (QED) is 0.0557. The molecule has 404 valence electrons. The van der Waals surface area contributed by atoms with E-state index >= 15 is 0 Å². The smallest absolute Gasteiger partial charge is 0.378 e. The third-order valence-corrected chi connectivity index (χ3v) is 17.7. The van der Waals surface area contributed by atoms with E-state index in [0.717, 1.165) is 127 Å². The lowest BCUT2D eigenvalue weighted by Crippen LogP contribution is -2.19. The molecule has 10 aromatic carbocycles. The fourth-order valence-corrected chi connectivity index (χ4v) is 13.4. The lowest BCUT2D eigenvalue weighted by molar-refractivity contribution is -0.265. The van der Waals surface area contributed by atoms with Crippen molar-refractivity contribution in [2.45, 2.75) is 19.6 Å². The van der Waals surface area contributed by atoms with Gasteiger partial charge in [0, 0.05) is 51.4 Å².